The third-order valence-electron chi connectivity index (χ3n) is 3.09. The van der Waals surface area contributed by atoms with E-state index in [1.54, 1.807) is 0 Å². The molecule has 0 bridgehead atoms. The maximum Gasteiger partial charge on any atom is 0.226 e. The molecule has 0 saturated carbocycles. The van der Waals surface area contributed by atoms with E-state index in [-0.39, 0.29) is 30.2 Å². The Kier molecular flexibility index (Phi) is 3.00. The van der Waals surface area contributed by atoms with Gasteiger partial charge >= 0.3 is 0 Å². The highest BCUT2D eigenvalue weighted by Crippen LogP contribution is 2.33. The van der Waals surface area contributed by atoms with Gasteiger partial charge in [0.05, 0.1) is 12.4 Å². The summed E-state index contributed by atoms with van der Waals surface area (Å²) < 4.78 is 21.0. The molecule has 0 radical (unpaired) electrons. The van der Waals surface area contributed by atoms with Crippen molar-refractivity contribution in [3.63, 3.8) is 0 Å². The molecule has 4 N–H and O–H groups in total. The van der Waals surface area contributed by atoms with Crippen LogP contribution in [0.1, 0.15) is 12.6 Å². The van der Waals surface area contributed by atoms with Crippen LogP contribution in [0.3, 0.4) is 0 Å². The standard InChI is InChI=1S/C10H12ClFN6O/c11-10-16-7(14)6-8(17-10)18(3-15-6)9-5(12)1-4(2-13)19-9/h3-5,9H,1-2,13H2,(H2,14,16,17)/t4-,5?,9+/m0/s1. The van der Waals surface area contributed by atoms with Gasteiger partial charge in [-0.05, 0) is 11.6 Å². The highest BCUT2D eigenvalue weighted by Gasteiger charge is 2.37. The summed E-state index contributed by atoms with van der Waals surface area (Å²) in [5, 5.41) is -0.0180. The monoisotopic (exact) mass is 286 g/mol. The third-order valence-corrected chi connectivity index (χ3v) is 3.26. The van der Waals surface area contributed by atoms with E-state index < -0.39 is 12.4 Å². The van der Waals surface area contributed by atoms with Crippen molar-refractivity contribution >= 4 is 28.6 Å². The molecule has 3 heterocycles. The Labute approximate surface area is 112 Å². The predicted molar refractivity (Wildman–Crippen MR) is 67.2 cm³/mol. The minimum atomic E-state index is -1.18. The summed E-state index contributed by atoms with van der Waals surface area (Å²) in [7, 11) is 0. The first-order chi connectivity index (χ1) is 9.10. The van der Waals surface area contributed by atoms with E-state index in [0.29, 0.717) is 11.2 Å². The summed E-state index contributed by atoms with van der Waals surface area (Å²) in [5.74, 6) is 0.150. The number of fused-ring (bicyclic) bond motifs is 1. The Morgan fingerprint density at radius 3 is 3.00 bits per heavy atom. The molecule has 7 nitrogen and oxygen atoms in total. The van der Waals surface area contributed by atoms with Gasteiger partial charge < -0.3 is 16.2 Å². The number of hydrogen-bond acceptors (Lipinski definition) is 6. The smallest absolute Gasteiger partial charge is 0.226 e. The van der Waals surface area contributed by atoms with E-state index in [1.807, 2.05) is 0 Å². The van der Waals surface area contributed by atoms with E-state index in [4.69, 9.17) is 27.8 Å². The number of aromatic nitrogens is 4. The number of imidazole rings is 1. The first kappa shape index (κ1) is 12.5. The van der Waals surface area contributed by atoms with Gasteiger partial charge in [0, 0.05) is 13.0 Å². The quantitative estimate of drug-likeness (QED) is 0.785. The second-order valence-corrected chi connectivity index (χ2v) is 4.68. The second-order valence-electron chi connectivity index (χ2n) is 4.34. The molecule has 9 heteroatoms. The molecule has 0 aromatic carbocycles. The van der Waals surface area contributed by atoms with Gasteiger partial charge in [0.1, 0.15) is 11.7 Å². The Balaban J connectivity index is 2.06. The van der Waals surface area contributed by atoms with E-state index >= 15 is 0 Å². The van der Waals surface area contributed by atoms with Gasteiger partial charge in [-0.25, -0.2) is 9.37 Å². The van der Waals surface area contributed by atoms with Crippen LogP contribution in [0.2, 0.25) is 5.28 Å². The Morgan fingerprint density at radius 2 is 2.32 bits per heavy atom. The lowest BCUT2D eigenvalue weighted by atomic mass is 10.2. The number of rotatable bonds is 2. The Bertz CT molecular complexity index is 619. The fourth-order valence-corrected chi connectivity index (χ4v) is 2.37. The number of ether oxygens (including phenoxy) is 1. The number of hydrogen-bond donors (Lipinski definition) is 2. The molecule has 19 heavy (non-hydrogen) atoms. The van der Waals surface area contributed by atoms with Gasteiger partial charge in [0.25, 0.3) is 0 Å². The van der Waals surface area contributed by atoms with Gasteiger partial charge in [-0.3, -0.25) is 4.57 Å². The zero-order chi connectivity index (χ0) is 13.6. The maximum atomic E-state index is 14.0. The van der Waals surface area contributed by atoms with E-state index in [2.05, 4.69) is 15.0 Å². The molecule has 3 atom stereocenters. The van der Waals surface area contributed by atoms with Crippen LogP contribution in [0.4, 0.5) is 10.2 Å². The summed E-state index contributed by atoms with van der Waals surface area (Å²) in [5.41, 5.74) is 11.9. The summed E-state index contributed by atoms with van der Waals surface area (Å²) in [4.78, 5) is 11.9. The second kappa shape index (κ2) is 4.55. The van der Waals surface area contributed by atoms with Crippen LogP contribution >= 0.6 is 11.6 Å². The lowest BCUT2D eigenvalue weighted by Gasteiger charge is -2.15. The molecule has 1 fully saturated rings. The van der Waals surface area contributed by atoms with Crippen molar-refractivity contribution in [1.29, 1.82) is 0 Å². The molecular formula is C10H12ClFN6O. The van der Waals surface area contributed by atoms with Crippen molar-refractivity contribution in [3.05, 3.63) is 11.6 Å². The topological polar surface area (TPSA) is 105 Å². The highest BCUT2D eigenvalue weighted by molar-refractivity contribution is 6.28. The zero-order valence-electron chi connectivity index (χ0n) is 9.83. The molecule has 1 unspecified atom stereocenters. The molecular weight excluding hydrogens is 275 g/mol. The zero-order valence-corrected chi connectivity index (χ0v) is 10.6. The number of halogens is 2. The van der Waals surface area contributed by atoms with Crippen molar-refractivity contribution in [2.24, 2.45) is 5.73 Å². The SMILES string of the molecule is NC[C@@H]1CC(F)[C@H](n2cnc3c(N)nc(Cl)nc32)O1. The van der Waals surface area contributed by atoms with Crippen molar-refractivity contribution in [1.82, 2.24) is 19.5 Å². The number of nitrogen functional groups attached to an aromatic ring is 1. The maximum absolute atomic E-state index is 14.0. The lowest BCUT2D eigenvalue weighted by Crippen LogP contribution is -2.20. The summed E-state index contributed by atoms with van der Waals surface area (Å²) >= 11 is 5.75. The van der Waals surface area contributed by atoms with E-state index in [9.17, 15) is 4.39 Å². The summed E-state index contributed by atoms with van der Waals surface area (Å²) in [6.07, 6.45) is -0.644. The number of anilines is 1. The van der Waals surface area contributed by atoms with Gasteiger partial charge in [-0.2, -0.15) is 9.97 Å². The van der Waals surface area contributed by atoms with Gasteiger partial charge in [-0.1, -0.05) is 0 Å². The third kappa shape index (κ3) is 2.01. The molecule has 1 saturated heterocycles. The number of nitrogens with two attached hydrogens (primary N) is 2. The average Bonchev–Trinajstić information content (AvgIpc) is 2.92. The fraction of sp³-hybridized carbons (Fsp3) is 0.500. The van der Waals surface area contributed by atoms with Crippen molar-refractivity contribution in [2.45, 2.75) is 24.9 Å². The Morgan fingerprint density at radius 1 is 1.53 bits per heavy atom. The van der Waals surface area contributed by atoms with Gasteiger partial charge in [0.2, 0.25) is 5.28 Å². The van der Waals surface area contributed by atoms with Crippen LogP contribution in [0.5, 0.6) is 0 Å². The molecule has 1 aliphatic rings. The molecule has 3 rings (SSSR count). The summed E-state index contributed by atoms with van der Waals surface area (Å²) in [6.45, 7) is 0.265. The normalized spacial score (nSPS) is 27.2. The predicted octanol–water partition coefficient (Wildman–Crippen LogP) is 0.646. The molecule has 2 aromatic rings. The number of alkyl halides is 1. The van der Waals surface area contributed by atoms with E-state index in [1.165, 1.54) is 10.9 Å². The minimum Gasteiger partial charge on any atom is -0.382 e. The van der Waals surface area contributed by atoms with Crippen LogP contribution in [-0.2, 0) is 4.74 Å². The molecule has 102 valence electrons. The largest absolute Gasteiger partial charge is 0.382 e. The van der Waals surface area contributed by atoms with Crippen molar-refractivity contribution < 1.29 is 9.13 Å². The summed E-state index contributed by atoms with van der Waals surface area (Å²) in [6, 6.07) is 0. The first-order valence-electron chi connectivity index (χ1n) is 5.75. The number of nitrogens with zero attached hydrogens (tertiary/aromatic N) is 4. The van der Waals surface area contributed by atoms with Gasteiger partial charge in [0.15, 0.2) is 17.7 Å². The molecule has 1 aliphatic heterocycles. The lowest BCUT2D eigenvalue weighted by molar-refractivity contribution is -0.0127. The van der Waals surface area contributed by atoms with Gasteiger partial charge in [-0.15, -0.1) is 0 Å². The Hall–Kier alpha value is -1.51. The van der Waals surface area contributed by atoms with Crippen LogP contribution in [0, 0.1) is 0 Å². The minimum absolute atomic E-state index is 0.0180. The van der Waals surface area contributed by atoms with E-state index in [0.717, 1.165) is 0 Å². The molecule has 2 aromatic heterocycles. The molecule has 0 aliphatic carbocycles. The van der Waals surface area contributed by atoms with Crippen LogP contribution in [0.25, 0.3) is 11.2 Å². The molecule has 0 amide bonds. The van der Waals surface area contributed by atoms with Crippen LogP contribution in [-0.4, -0.2) is 38.3 Å². The van der Waals surface area contributed by atoms with Crippen molar-refractivity contribution in [3.8, 4) is 0 Å². The van der Waals surface area contributed by atoms with Crippen LogP contribution < -0.4 is 11.5 Å². The molecule has 0 spiro atoms. The average molecular weight is 287 g/mol. The first-order valence-corrected chi connectivity index (χ1v) is 6.13. The van der Waals surface area contributed by atoms with Crippen LogP contribution in [0.15, 0.2) is 6.33 Å². The fourth-order valence-electron chi connectivity index (χ4n) is 2.19. The highest BCUT2D eigenvalue weighted by atomic mass is 35.5. The van der Waals surface area contributed by atoms with Crippen molar-refractivity contribution in [2.75, 3.05) is 12.3 Å².